The summed E-state index contributed by atoms with van der Waals surface area (Å²) in [5.74, 6) is 7.86. The molecule has 5 saturated carbocycles. The Kier molecular flexibility index (Phi) is 7.18. The average molecular weight is 510 g/mol. The number of rotatable bonds is 7. The van der Waals surface area contributed by atoms with Crippen LogP contribution in [0.15, 0.2) is 48.5 Å². The highest BCUT2D eigenvalue weighted by molar-refractivity contribution is 5.39. The molecule has 38 heavy (non-hydrogen) atoms. The molecular weight excluding hydrogens is 458 g/mol. The van der Waals surface area contributed by atoms with Crippen molar-refractivity contribution in [3.05, 3.63) is 70.8 Å². The summed E-state index contributed by atoms with van der Waals surface area (Å²) in [6.07, 6.45) is 17.3. The molecule has 6 fully saturated rings. The van der Waals surface area contributed by atoms with Crippen LogP contribution >= 0.6 is 0 Å². The van der Waals surface area contributed by atoms with Crippen molar-refractivity contribution < 1.29 is 0 Å². The van der Waals surface area contributed by atoms with Crippen molar-refractivity contribution in [1.82, 2.24) is 5.32 Å². The summed E-state index contributed by atoms with van der Waals surface area (Å²) in [6.45, 7) is 6.05. The minimum Gasteiger partial charge on any atom is -0.313 e. The molecule has 0 radical (unpaired) electrons. The van der Waals surface area contributed by atoms with Gasteiger partial charge in [0.15, 0.2) is 0 Å². The van der Waals surface area contributed by atoms with Gasteiger partial charge in [0, 0.05) is 12.0 Å². The van der Waals surface area contributed by atoms with Crippen LogP contribution in [0.25, 0.3) is 0 Å². The quantitative estimate of drug-likeness (QED) is 0.392. The standard InChI is InChI=1S/C37H51N/c1-3-25-6-4-7-32(19-25)24(2)28-9-11-30(12-10-28)37(35-8-5-17-38-35)31-15-13-29(14-16-31)36-33-20-26-18-27(22-33)23-34(36)21-26/h9-16,24-27,32-38H,3-8,17-23H2,1-2H3/t24?,25?,26?,27?,32?,33?,34?,35-,36?,37?/m0/s1. The third-order valence-electron chi connectivity index (χ3n) is 12.3. The summed E-state index contributed by atoms with van der Waals surface area (Å²) in [7, 11) is 0. The van der Waals surface area contributed by atoms with Gasteiger partial charge in [-0.05, 0) is 134 Å². The first-order valence-electron chi connectivity index (χ1n) is 16.6. The molecule has 4 unspecified atom stereocenters. The Hall–Kier alpha value is -1.60. The zero-order valence-corrected chi connectivity index (χ0v) is 24.1. The summed E-state index contributed by atoms with van der Waals surface area (Å²) >= 11 is 0. The van der Waals surface area contributed by atoms with Gasteiger partial charge in [0.2, 0.25) is 0 Å². The van der Waals surface area contributed by atoms with Crippen molar-refractivity contribution >= 4 is 0 Å². The maximum Gasteiger partial charge on any atom is 0.0243 e. The van der Waals surface area contributed by atoms with E-state index in [0.717, 1.165) is 41.4 Å². The van der Waals surface area contributed by atoms with Gasteiger partial charge in [0.25, 0.3) is 0 Å². The van der Waals surface area contributed by atoms with E-state index in [9.17, 15) is 0 Å². The lowest BCUT2D eigenvalue weighted by Crippen LogP contribution is -2.43. The van der Waals surface area contributed by atoms with Gasteiger partial charge in [0.05, 0.1) is 0 Å². The van der Waals surface area contributed by atoms with Crippen molar-refractivity contribution in [3.8, 4) is 0 Å². The summed E-state index contributed by atoms with van der Waals surface area (Å²) in [5, 5.41) is 3.87. The van der Waals surface area contributed by atoms with Gasteiger partial charge in [-0.1, -0.05) is 81.6 Å². The molecule has 2 aromatic carbocycles. The van der Waals surface area contributed by atoms with E-state index in [4.69, 9.17) is 0 Å². The van der Waals surface area contributed by atoms with Gasteiger partial charge < -0.3 is 5.32 Å². The Morgan fingerprint density at radius 1 is 0.711 bits per heavy atom. The van der Waals surface area contributed by atoms with Crippen LogP contribution in [0, 0.1) is 35.5 Å². The van der Waals surface area contributed by atoms with Crippen LogP contribution in [0.4, 0.5) is 0 Å². The van der Waals surface area contributed by atoms with Crippen LogP contribution in [-0.2, 0) is 0 Å². The van der Waals surface area contributed by atoms with E-state index in [0.29, 0.717) is 17.9 Å². The van der Waals surface area contributed by atoms with Crippen molar-refractivity contribution in [3.63, 3.8) is 0 Å². The zero-order valence-electron chi connectivity index (χ0n) is 24.1. The molecule has 0 amide bonds. The average Bonchev–Trinajstić information content (AvgIpc) is 3.48. The molecule has 4 bridgehead atoms. The Morgan fingerprint density at radius 3 is 1.95 bits per heavy atom. The second kappa shape index (κ2) is 10.8. The Labute approximate surface area is 232 Å². The fourth-order valence-corrected chi connectivity index (χ4v) is 10.5. The lowest BCUT2D eigenvalue weighted by atomic mass is 9.51. The predicted octanol–water partition coefficient (Wildman–Crippen LogP) is 9.43. The van der Waals surface area contributed by atoms with Crippen LogP contribution in [-0.4, -0.2) is 12.6 Å². The molecule has 0 aromatic heterocycles. The Bertz CT molecular complexity index is 1030. The molecule has 0 spiro atoms. The minimum absolute atomic E-state index is 0.466. The lowest BCUT2D eigenvalue weighted by Gasteiger charge is -2.54. The van der Waals surface area contributed by atoms with E-state index < -0.39 is 0 Å². The molecule has 2 aromatic rings. The molecule has 1 N–H and O–H groups in total. The molecule has 204 valence electrons. The van der Waals surface area contributed by atoms with Crippen LogP contribution in [0.2, 0.25) is 0 Å². The first kappa shape index (κ1) is 25.4. The van der Waals surface area contributed by atoms with E-state index in [-0.39, 0.29) is 0 Å². The molecule has 8 rings (SSSR count). The zero-order chi connectivity index (χ0) is 25.6. The number of benzene rings is 2. The van der Waals surface area contributed by atoms with Crippen LogP contribution in [0.1, 0.15) is 131 Å². The summed E-state index contributed by atoms with van der Waals surface area (Å²) in [4.78, 5) is 0. The molecule has 5 aliphatic carbocycles. The maximum atomic E-state index is 3.87. The molecule has 6 aliphatic rings. The van der Waals surface area contributed by atoms with E-state index in [2.05, 4.69) is 67.7 Å². The van der Waals surface area contributed by atoms with Crippen LogP contribution in [0.3, 0.4) is 0 Å². The molecule has 1 heterocycles. The summed E-state index contributed by atoms with van der Waals surface area (Å²) in [5.41, 5.74) is 6.25. The second-order valence-electron chi connectivity index (χ2n) is 14.5. The molecule has 1 heteroatoms. The largest absolute Gasteiger partial charge is 0.313 e. The van der Waals surface area contributed by atoms with Gasteiger partial charge in [-0.3, -0.25) is 0 Å². The third kappa shape index (κ3) is 4.80. The second-order valence-corrected chi connectivity index (χ2v) is 14.5. The normalized spacial score (nSPS) is 37.8. The highest BCUT2D eigenvalue weighted by Crippen LogP contribution is 2.59. The maximum absolute atomic E-state index is 3.87. The number of hydrogen-bond donors (Lipinski definition) is 1. The number of hydrogen-bond acceptors (Lipinski definition) is 1. The molecule has 1 saturated heterocycles. The van der Waals surface area contributed by atoms with Gasteiger partial charge in [0.1, 0.15) is 0 Å². The van der Waals surface area contributed by atoms with Crippen LogP contribution in [0.5, 0.6) is 0 Å². The highest BCUT2D eigenvalue weighted by Gasteiger charge is 2.48. The third-order valence-corrected chi connectivity index (χ3v) is 12.3. The van der Waals surface area contributed by atoms with Crippen molar-refractivity contribution in [1.29, 1.82) is 0 Å². The van der Waals surface area contributed by atoms with E-state index in [1.54, 1.807) is 17.5 Å². The molecular formula is C37H51N. The predicted molar refractivity (Wildman–Crippen MR) is 160 cm³/mol. The molecule has 1 nitrogen and oxygen atoms in total. The molecule has 5 atom stereocenters. The van der Waals surface area contributed by atoms with E-state index >= 15 is 0 Å². The van der Waals surface area contributed by atoms with Gasteiger partial charge in [-0.2, -0.15) is 0 Å². The topological polar surface area (TPSA) is 12.0 Å². The van der Waals surface area contributed by atoms with E-state index in [1.807, 2.05) is 0 Å². The number of nitrogens with one attached hydrogen (secondary N) is 1. The van der Waals surface area contributed by atoms with Gasteiger partial charge >= 0.3 is 0 Å². The Balaban J connectivity index is 1.11. The first-order chi connectivity index (χ1) is 18.7. The highest BCUT2D eigenvalue weighted by atomic mass is 14.9. The fourth-order valence-electron chi connectivity index (χ4n) is 10.5. The Morgan fingerprint density at radius 2 is 1.34 bits per heavy atom. The minimum atomic E-state index is 0.466. The van der Waals surface area contributed by atoms with Crippen LogP contribution < -0.4 is 5.32 Å². The fraction of sp³-hybridized carbons (Fsp3) is 0.676. The van der Waals surface area contributed by atoms with E-state index in [1.165, 1.54) is 88.3 Å². The van der Waals surface area contributed by atoms with Gasteiger partial charge in [-0.15, -0.1) is 0 Å². The summed E-state index contributed by atoms with van der Waals surface area (Å²) in [6, 6.07) is 20.7. The molecule has 1 aliphatic heterocycles. The first-order valence-corrected chi connectivity index (χ1v) is 16.6. The van der Waals surface area contributed by atoms with Gasteiger partial charge in [-0.25, -0.2) is 0 Å². The van der Waals surface area contributed by atoms with Crippen molar-refractivity contribution in [2.24, 2.45) is 35.5 Å². The van der Waals surface area contributed by atoms with Crippen molar-refractivity contribution in [2.45, 2.75) is 115 Å². The SMILES string of the molecule is CCC1CCCC(C(C)c2ccc(C(c3ccc(C4C5CC6CC(C5)CC4C6)cc3)[C@@H]3CCCN3)cc2)C1. The lowest BCUT2D eigenvalue weighted by molar-refractivity contribution is -0.00278. The smallest absolute Gasteiger partial charge is 0.0243 e. The monoisotopic (exact) mass is 509 g/mol. The van der Waals surface area contributed by atoms with Crippen molar-refractivity contribution in [2.75, 3.05) is 6.54 Å². The summed E-state index contributed by atoms with van der Waals surface area (Å²) < 4.78 is 0.